The smallest absolute Gasteiger partial charge is 0.335 e. The Bertz CT molecular complexity index is 430. The molecule has 21 heavy (non-hydrogen) atoms. The zero-order valence-electron chi connectivity index (χ0n) is 11.8. The van der Waals surface area contributed by atoms with Crippen molar-refractivity contribution in [3.8, 4) is 0 Å². The van der Waals surface area contributed by atoms with E-state index in [1.807, 2.05) is 0 Å². The number of nitrogens with two attached hydrogens (primary N) is 1. The number of carbonyl (C=O) groups excluding carboxylic acids is 1. The van der Waals surface area contributed by atoms with Crippen LogP contribution in [0.15, 0.2) is 0 Å². The minimum Gasteiger partial charge on any atom is -0.479 e. The van der Waals surface area contributed by atoms with Crippen molar-refractivity contribution in [3.05, 3.63) is 0 Å². The second kappa shape index (κ2) is 6.72. The Morgan fingerprint density at radius 2 is 2.10 bits per heavy atom. The van der Waals surface area contributed by atoms with Gasteiger partial charge in [-0.15, -0.1) is 0 Å². The number of carboxylic acids is 1. The van der Waals surface area contributed by atoms with E-state index in [-0.39, 0.29) is 37.7 Å². The Morgan fingerprint density at radius 3 is 2.52 bits per heavy atom. The third kappa shape index (κ3) is 4.30. The summed E-state index contributed by atoms with van der Waals surface area (Å²) in [5.74, 6) is -2.48. The standard InChI is InChI=1S/C12H22N4O5/c1-6(18)15-8(2-3-17)7-4-12(21,10(19)20)5-9(7)16-11(13)14/h7-9,17,21H,2-5H2,1H3,(H,15,18)(H,19,20)(H4,13,14,16)/t7-,8?,9-,12-/m0/s1. The van der Waals surface area contributed by atoms with Gasteiger partial charge >= 0.3 is 5.97 Å². The monoisotopic (exact) mass is 302 g/mol. The third-order valence-corrected chi connectivity index (χ3v) is 3.73. The van der Waals surface area contributed by atoms with Crippen LogP contribution in [0.3, 0.4) is 0 Å². The number of rotatable bonds is 6. The van der Waals surface area contributed by atoms with E-state index in [4.69, 9.17) is 21.4 Å². The summed E-state index contributed by atoms with van der Waals surface area (Å²) in [5.41, 5.74) is 3.34. The number of nitrogens with one attached hydrogen (secondary N) is 3. The summed E-state index contributed by atoms with van der Waals surface area (Å²) in [6.45, 7) is 1.12. The highest BCUT2D eigenvalue weighted by Gasteiger charge is 2.51. The van der Waals surface area contributed by atoms with E-state index in [0.717, 1.165) is 0 Å². The highest BCUT2D eigenvalue weighted by molar-refractivity contribution is 5.79. The molecule has 0 aromatic carbocycles. The Balaban J connectivity index is 2.98. The molecule has 4 atom stereocenters. The highest BCUT2D eigenvalue weighted by atomic mass is 16.4. The molecule has 9 heteroatoms. The van der Waals surface area contributed by atoms with Crippen molar-refractivity contribution in [2.75, 3.05) is 6.61 Å². The normalized spacial score (nSPS) is 29.7. The quantitative estimate of drug-likeness (QED) is 0.219. The van der Waals surface area contributed by atoms with Crippen LogP contribution in [0.4, 0.5) is 0 Å². The molecule has 1 aliphatic carbocycles. The van der Waals surface area contributed by atoms with Gasteiger partial charge in [-0.1, -0.05) is 0 Å². The lowest BCUT2D eigenvalue weighted by Gasteiger charge is -2.29. The van der Waals surface area contributed by atoms with Crippen LogP contribution in [0, 0.1) is 11.3 Å². The van der Waals surface area contributed by atoms with E-state index >= 15 is 0 Å². The van der Waals surface area contributed by atoms with Crippen LogP contribution in [-0.4, -0.2) is 57.4 Å². The molecule has 1 amide bonds. The summed E-state index contributed by atoms with van der Waals surface area (Å²) in [7, 11) is 0. The molecule has 0 radical (unpaired) electrons. The summed E-state index contributed by atoms with van der Waals surface area (Å²) in [6.07, 6.45) is -0.0116. The van der Waals surface area contributed by atoms with Gasteiger partial charge in [-0.05, 0) is 12.8 Å². The first-order chi connectivity index (χ1) is 9.69. The van der Waals surface area contributed by atoms with Gasteiger partial charge in [-0.2, -0.15) is 0 Å². The molecule has 1 aliphatic rings. The molecule has 1 fully saturated rings. The molecule has 1 rings (SSSR count). The van der Waals surface area contributed by atoms with E-state index in [1.54, 1.807) is 0 Å². The zero-order chi connectivity index (χ0) is 16.2. The maximum Gasteiger partial charge on any atom is 0.335 e. The number of hydrogen-bond donors (Lipinski definition) is 7. The topological polar surface area (TPSA) is 169 Å². The van der Waals surface area contributed by atoms with Gasteiger partial charge in [-0.3, -0.25) is 10.2 Å². The number of hydrogen-bond acceptors (Lipinski definition) is 5. The fourth-order valence-corrected chi connectivity index (χ4v) is 2.88. The van der Waals surface area contributed by atoms with Crippen molar-refractivity contribution in [2.24, 2.45) is 11.7 Å². The largest absolute Gasteiger partial charge is 0.479 e. The SMILES string of the molecule is CC(=O)NC(CCO)[C@@H]1C[C@@](O)(C(=O)O)C[C@@H]1NC(=N)N. The van der Waals surface area contributed by atoms with Crippen LogP contribution in [0.25, 0.3) is 0 Å². The average Bonchev–Trinajstić information content (AvgIpc) is 2.66. The summed E-state index contributed by atoms with van der Waals surface area (Å²) < 4.78 is 0. The summed E-state index contributed by atoms with van der Waals surface area (Å²) in [4.78, 5) is 22.5. The molecule has 0 aromatic heterocycles. The Hall–Kier alpha value is -1.87. The van der Waals surface area contributed by atoms with E-state index < -0.39 is 29.6 Å². The van der Waals surface area contributed by atoms with Crippen LogP contribution in [0.1, 0.15) is 26.2 Å². The highest BCUT2D eigenvalue weighted by Crippen LogP contribution is 2.37. The predicted octanol–water partition coefficient (Wildman–Crippen LogP) is -2.05. The molecule has 0 spiro atoms. The van der Waals surface area contributed by atoms with Crippen molar-refractivity contribution >= 4 is 17.8 Å². The van der Waals surface area contributed by atoms with Gasteiger partial charge in [0.05, 0.1) is 0 Å². The minimum absolute atomic E-state index is 0.0990. The Labute approximate surface area is 122 Å². The average molecular weight is 302 g/mol. The molecule has 9 nitrogen and oxygen atoms in total. The Morgan fingerprint density at radius 1 is 1.48 bits per heavy atom. The molecule has 120 valence electrons. The lowest BCUT2D eigenvalue weighted by Crippen LogP contribution is -2.49. The number of amides is 1. The molecule has 0 bridgehead atoms. The van der Waals surface area contributed by atoms with Crippen LogP contribution in [-0.2, 0) is 9.59 Å². The van der Waals surface area contributed by atoms with Crippen molar-refractivity contribution in [1.82, 2.24) is 10.6 Å². The molecule has 1 saturated carbocycles. The van der Waals surface area contributed by atoms with Crippen molar-refractivity contribution in [1.29, 1.82) is 5.41 Å². The fourth-order valence-electron chi connectivity index (χ4n) is 2.88. The number of guanidine groups is 1. The minimum atomic E-state index is -1.94. The third-order valence-electron chi connectivity index (χ3n) is 3.73. The first-order valence-corrected chi connectivity index (χ1v) is 6.64. The van der Waals surface area contributed by atoms with Gasteiger partial charge in [0, 0.05) is 38.0 Å². The molecule has 0 aliphatic heterocycles. The van der Waals surface area contributed by atoms with Crippen molar-refractivity contribution < 1.29 is 24.9 Å². The van der Waals surface area contributed by atoms with E-state index in [0.29, 0.717) is 0 Å². The van der Waals surface area contributed by atoms with E-state index in [2.05, 4.69) is 10.6 Å². The van der Waals surface area contributed by atoms with Gasteiger partial charge in [0.25, 0.3) is 0 Å². The molecule has 0 heterocycles. The van der Waals surface area contributed by atoms with Gasteiger partial charge in [0.1, 0.15) is 0 Å². The lowest BCUT2D eigenvalue weighted by molar-refractivity contribution is -0.158. The molecule has 8 N–H and O–H groups in total. The summed E-state index contributed by atoms with van der Waals surface area (Å²) in [6, 6.07) is -1.09. The summed E-state index contributed by atoms with van der Waals surface area (Å²) >= 11 is 0. The molecule has 0 aromatic rings. The number of carbonyl (C=O) groups is 2. The van der Waals surface area contributed by atoms with Gasteiger partial charge in [0.2, 0.25) is 5.91 Å². The van der Waals surface area contributed by atoms with Gasteiger partial charge in [-0.25, -0.2) is 4.79 Å². The summed E-state index contributed by atoms with van der Waals surface area (Å²) in [5, 5.41) is 40.9. The number of aliphatic hydroxyl groups is 2. The molecular weight excluding hydrogens is 280 g/mol. The second-order valence-electron chi connectivity index (χ2n) is 5.39. The van der Waals surface area contributed by atoms with E-state index in [1.165, 1.54) is 6.92 Å². The lowest BCUT2D eigenvalue weighted by atomic mass is 9.90. The van der Waals surface area contributed by atoms with Crippen molar-refractivity contribution in [3.63, 3.8) is 0 Å². The number of carboxylic acid groups (broad SMARTS) is 1. The second-order valence-corrected chi connectivity index (χ2v) is 5.39. The van der Waals surface area contributed by atoms with Gasteiger partial charge in [0.15, 0.2) is 11.6 Å². The molecule has 0 saturated heterocycles. The maximum atomic E-state index is 11.3. The van der Waals surface area contributed by atoms with Crippen molar-refractivity contribution in [2.45, 2.75) is 43.9 Å². The number of aliphatic hydroxyl groups excluding tert-OH is 1. The first kappa shape index (κ1) is 17.2. The van der Waals surface area contributed by atoms with E-state index in [9.17, 15) is 14.7 Å². The predicted molar refractivity (Wildman–Crippen MR) is 73.5 cm³/mol. The van der Waals surface area contributed by atoms with Crippen LogP contribution in [0.2, 0.25) is 0 Å². The van der Waals surface area contributed by atoms with Crippen LogP contribution in [0.5, 0.6) is 0 Å². The first-order valence-electron chi connectivity index (χ1n) is 6.64. The maximum absolute atomic E-state index is 11.3. The Kier molecular flexibility index (Phi) is 5.50. The van der Waals surface area contributed by atoms with Crippen LogP contribution < -0.4 is 16.4 Å². The zero-order valence-corrected chi connectivity index (χ0v) is 11.8. The molecule has 1 unspecified atom stereocenters. The fraction of sp³-hybridized carbons (Fsp3) is 0.750. The number of aliphatic carboxylic acids is 1. The molecular formula is C12H22N4O5. The van der Waals surface area contributed by atoms with Crippen LogP contribution >= 0.6 is 0 Å². The van der Waals surface area contributed by atoms with Gasteiger partial charge < -0.3 is 31.7 Å².